The molecule has 21 heavy (non-hydrogen) atoms. The molecule has 0 aliphatic carbocycles. The van der Waals surface area contributed by atoms with Crippen molar-refractivity contribution in [1.82, 2.24) is 15.2 Å². The van der Waals surface area contributed by atoms with E-state index in [0.29, 0.717) is 5.41 Å². The van der Waals surface area contributed by atoms with Crippen molar-refractivity contribution >= 4 is 17.3 Å². The Morgan fingerprint density at radius 2 is 2.14 bits per heavy atom. The average molecular weight is 308 g/mol. The van der Waals surface area contributed by atoms with E-state index in [4.69, 9.17) is 0 Å². The standard InChI is InChI=1S/C16H28N4S/c1-7-12-10-19-13(21-12)8-9-18-14(17-6)20-11-15(2,3)16(20,4)5/h10H,7-9,11H2,1-6H3,(H,17,18). The van der Waals surface area contributed by atoms with Crippen LogP contribution in [0.2, 0.25) is 0 Å². The number of hydrogen-bond donors (Lipinski definition) is 1. The fourth-order valence-electron chi connectivity index (χ4n) is 2.60. The monoisotopic (exact) mass is 308 g/mol. The van der Waals surface area contributed by atoms with E-state index in [-0.39, 0.29) is 5.54 Å². The number of guanidine groups is 1. The SMILES string of the molecule is CCc1cnc(CCNC(=NC)N2CC(C)(C)C2(C)C)s1. The molecule has 1 aliphatic heterocycles. The number of hydrogen-bond acceptors (Lipinski definition) is 3. The Morgan fingerprint density at radius 1 is 1.43 bits per heavy atom. The molecule has 0 radical (unpaired) electrons. The van der Waals surface area contributed by atoms with Gasteiger partial charge in [0.1, 0.15) is 0 Å². The Hall–Kier alpha value is -1.10. The molecule has 0 aromatic carbocycles. The summed E-state index contributed by atoms with van der Waals surface area (Å²) >= 11 is 1.82. The molecule has 0 spiro atoms. The van der Waals surface area contributed by atoms with Crippen LogP contribution in [-0.4, -0.2) is 41.5 Å². The van der Waals surface area contributed by atoms with Gasteiger partial charge in [-0.3, -0.25) is 4.99 Å². The molecule has 0 unspecified atom stereocenters. The summed E-state index contributed by atoms with van der Waals surface area (Å²) in [6.07, 6.45) is 4.03. The van der Waals surface area contributed by atoms with Gasteiger partial charge in [0.15, 0.2) is 5.96 Å². The quantitative estimate of drug-likeness (QED) is 0.687. The van der Waals surface area contributed by atoms with Crippen LogP contribution < -0.4 is 5.32 Å². The van der Waals surface area contributed by atoms with Gasteiger partial charge in [-0.25, -0.2) is 4.98 Å². The Labute approximate surface area is 132 Å². The molecule has 118 valence electrons. The van der Waals surface area contributed by atoms with Gasteiger partial charge in [0, 0.05) is 48.6 Å². The fourth-order valence-corrected chi connectivity index (χ4v) is 3.47. The van der Waals surface area contributed by atoms with E-state index in [1.165, 1.54) is 9.88 Å². The minimum absolute atomic E-state index is 0.144. The van der Waals surface area contributed by atoms with Crippen LogP contribution in [0.3, 0.4) is 0 Å². The lowest BCUT2D eigenvalue weighted by molar-refractivity contribution is -0.0666. The topological polar surface area (TPSA) is 40.5 Å². The number of likely N-dealkylation sites (tertiary alicyclic amines) is 1. The van der Waals surface area contributed by atoms with Crippen LogP contribution >= 0.6 is 11.3 Å². The molecule has 1 fully saturated rings. The third-order valence-electron chi connectivity index (χ3n) is 4.92. The molecule has 2 rings (SSSR count). The first-order valence-electron chi connectivity index (χ1n) is 7.73. The normalized spacial score (nSPS) is 20.3. The molecule has 4 nitrogen and oxygen atoms in total. The second kappa shape index (κ2) is 5.95. The van der Waals surface area contributed by atoms with Crippen molar-refractivity contribution in [3.05, 3.63) is 16.1 Å². The summed E-state index contributed by atoms with van der Waals surface area (Å²) in [5.74, 6) is 1.01. The second-order valence-corrected chi connectivity index (χ2v) is 8.03. The molecule has 0 atom stereocenters. The zero-order chi connectivity index (χ0) is 15.7. The molecular weight excluding hydrogens is 280 g/mol. The van der Waals surface area contributed by atoms with E-state index in [1.54, 1.807) is 0 Å². The van der Waals surface area contributed by atoms with Gasteiger partial charge < -0.3 is 10.2 Å². The predicted octanol–water partition coefficient (Wildman–Crippen LogP) is 2.94. The molecule has 2 heterocycles. The van der Waals surface area contributed by atoms with Crippen LogP contribution in [0.25, 0.3) is 0 Å². The van der Waals surface area contributed by atoms with Crippen LogP contribution in [0.5, 0.6) is 0 Å². The number of aliphatic imine (C=N–C) groups is 1. The molecule has 1 aromatic heterocycles. The Morgan fingerprint density at radius 3 is 2.62 bits per heavy atom. The second-order valence-electron chi connectivity index (χ2n) is 6.83. The van der Waals surface area contributed by atoms with E-state index in [1.807, 2.05) is 24.6 Å². The zero-order valence-corrected chi connectivity index (χ0v) is 15.0. The van der Waals surface area contributed by atoms with Gasteiger partial charge in [-0.2, -0.15) is 0 Å². The van der Waals surface area contributed by atoms with Crippen molar-refractivity contribution in [1.29, 1.82) is 0 Å². The molecule has 1 aliphatic rings. The highest BCUT2D eigenvalue weighted by Gasteiger charge is 2.53. The summed E-state index contributed by atoms with van der Waals surface area (Å²) in [5, 5.41) is 4.69. The number of aromatic nitrogens is 1. The minimum Gasteiger partial charge on any atom is -0.356 e. The van der Waals surface area contributed by atoms with Crippen molar-refractivity contribution in [2.24, 2.45) is 10.4 Å². The summed E-state index contributed by atoms with van der Waals surface area (Å²) in [6, 6.07) is 0. The van der Waals surface area contributed by atoms with Crippen LogP contribution in [0, 0.1) is 5.41 Å². The molecular formula is C16H28N4S. The molecule has 0 saturated carbocycles. The number of aryl methyl sites for hydroxylation is 1. The van der Waals surface area contributed by atoms with Crippen LogP contribution in [-0.2, 0) is 12.8 Å². The van der Waals surface area contributed by atoms with Crippen LogP contribution in [0.4, 0.5) is 0 Å². The summed E-state index contributed by atoms with van der Waals surface area (Å²) in [5.41, 5.74) is 0.474. The Balaban J connectivity index is 1.87. The van der Waals surface area contributed by atoms with Gasteiger partial charge in [-0.1, -0.05) is 20.8 Å². The zero-order valence-electron chi connectivity index (χ0n) is 14.2. The van der Waals surface area contributed by atoms with Crippen molar-refractivity contribution in [3.63, 3.8) is 0 Å². The first-order valence-corrected chi connectivity index (χ1v) is 8.55. The lowest BCUT2D eigenvalue weighted by Crippen LogP contribution is -2.72. The van der Waals surface area contributed by atoms with Gasteiger partial charge in [-0.15, -0.1) is 11.3 Å². The first-order chi connectivity index (χ1) is 9.81. The molecule has 1 N–H and O–H groups in total. The Bertz CT molecular complexity index is 516. The van der Waals surface area contributed by atoms with E-state index in [0.717, 1.165) is 31.9 Å². The largest absolute Gasteiger partial charge is 0.356 e. The third kappa shape index (κ3) is 3.07. The van der Waals surface area contributed by atoms with Gasteiger partial charge >= 0.3 is 0 Å². The first kappa shape index (κ1) is 16.3. The highest BCUT2D eigenvalue weighted by atomic mass is 32.1. The molecule has 5 heteroatoms. The van der Waals surface area contributed by atoms with E-state index in [2.05, 4.69) is 54.8 Å². The van der Waals surface area contributed by atoms with Crippen molar-refractivity contribution < 1.29 is 0 Å². The van der Waals surface area contributed by atoms with Crippen LogP contribution in [0.1, 0.15) is 44.5 Å². The van der Waals surface area contributed by atoms with Crippen molar-refractivity contribution in [3.8, 4) is 0 Å². The number of nitrogens with zero attached hydrogens (tertiary/aromatic N) is 3. The lowest BCUT2D eigenvalue weighted by Gasteiger charge is -2.62. The fraction of sp³-hybridized carbons (Fsp3) is 0.750. The van der Waals surface area contributed by atoms with Crippen molar-refractivity contribution in [2.45, 2.75) is 53.0 Å². The summed E-state index contributed by atoms with van der Waals surface area (Å²) in [6.45, 7) is 13.3. The number of nitrogens with one attached hydrogen (secondary N) is 1. The van der Waals surface area contributed by atoms with Crippen molar-refractivity contribution in [2.75, 3.05) is 20.1 Å². The lowest BCUT2D eigenvalue weighted by atomic mass is 9.65. The summed E-state index contributed by atoms with van der Waals surface area (Å²) < 4.78 is 0. The summed E-state index contributed by atoms with van der Waals surface area (Å²) in [4.78, 5) is 12.6. The molecule has 0 amide bonds. The van der Waals surface area contributed by atoms with E-state index in [9.17, 15) is 0 Å². The van der Waals surface area contributed by atoms with Gasteiger partial charge in [0.2, 0.25) is 0 Å². The number of thiazole rings is 1. The molecule has 1 aromatic rings. The maximum atomic E-state index is 4.47. The minimum atomic E-state index is 0.144. The third-order valence-corrected chi connectivity index (χ3v) is 6.13. The maximum absolute atomic E-state index is 4.47. The predicted molar refractivity (Wildman–Crippen MR) is 91.1 cm³/mol. The van der Waals surface area contributed by atoms with Gasteiger partial charge in [-0.05, 0) is 20.3 Å². The van der Waals surface area contributed by atoms with Gasteiger partial charge in [0.05, 0.1) is 5.01 Å². The van der Waals surface area contributed by atoms with Gasteiger partial charge in [0.25, 0.3) is 0 Å². The van der Waals surface area contributed by atoms with E-state index < -0.39 is 0 Å². The average Bonchev–Trinajstić information content (AvgIpc) is 2.89. The molecule has 1 saturated heterocycles. The maximum Gasteiger partial charge on any atom is 0.194 e. The van der Waals surface area contributed by atoms with E-state index >= 15 is 0 Å². The van der Waals surface area contributed by atoms with Crippen LogP contribution in [0.15, 0.2) is 11.2 Å². The number of rotatable bonds is 4. The smallest absolute Gasteiger partial charge is 0.194 e. The summed E-state index contributed by atoms with van der Waals surface area (Å²) in [7, 11) is 1.86. The molecule has 0 bridgehead atoms. The highest BCUT2D eigenvalue weighted by molar-refractivity contribution is 7.11. The Kier molecular flexibility index (Phi) is 4.61. The highest BCUT2D eigenvalue weighted by Crippen LogP contribution is 2.46.